The van der Waals surface area contributed by atoms with Gasteiger partial charge in [0.2, 0.25) is 5.56 Å². The number of nitrogens with one attached hydrogen (secondary N) is 1. The van der Waals surface area contributed by atoms with Gasteiger partial charge in [0.15, 0.2) is 0 Å². The van der Waals surface area contributed by atoms with Crippen LogP contribution in [0.25, 0.3) is 0 Å². The number of fused-ring (bicyclic) bond motifs is 4. The maximum atomic E-state index is 11.4. The Morgan fingerprint density at radius 3 is 3.12 bits per heavy atom. The Morgan fingerprint density at radius 2 is 2.35 bits per heavy atom. The fourth-order valence-corrected chi connectivity index (χ4v) is 3.20. The summed E-state index contributed by atoms with van der Waals surface area (Å²) in [6.45, 7) is 2.04. The smallest absolute Gasteiger partial charge is 0.248 e. The van der Waals surface area contributed by atoms with Gasteiger partial charge in [0.25, 0.3) is 0 Å². The van der Waals surface area contributed by atoms with E-state index in [0.29, 0.717) is 5.92 Å². The van der Waals surface area contributed by atoms with Crippen molar-refractivity contribution in [2.75, 3.05) is 0 Å². The molecule has 1 heterocycles. The first kappa shape index (κ1) is 10.5. The van der Waals surface area contributed by atoms with Gasteiger partial charge in [-0.3, -0.25) is 4.79 Å². The standard InChI is InChI=1S/C14H16N2O/c1-2-10-9-4-3-7-14(10,15)11-5-6-13(17)16-12(11)8-9/h2-6,9H,7-8,15H2,1H3,(H,16,17)/b10-2+/t9-,14?/m1/s1. The van der Waals surface area contributed by atoms with E-state index in [9.17, 15) is 4.79 Å². The molecule has 2 bridgehead atoms. The first-order valence-electron chi connectivity index (χ1n) is 6.00. The molecule has 0 fully saturated rings. The van der Waals surface area contributed by atoms with Crippen molar-refractivity contribution in [2.45, 2.75) is 25.3 Å². The highest BCUT2D eigenvalue weighted by Crippen LogP contribution is 2.45. The van der Waals surface area contributed by atoms with Gasteiger partial charge in [-0.1, -0.05) is 18.2 Å². The number of aromatic nitrogens is 1. The lowest BCUT2D eigenvalue weighted by molar-refractivity contribution is 0.421. The van der Waals surface area contributed by atoms with Crippen molar-refractivity contribution in [1.82, 2.24) is 4.98 Å². The molecule has 0 spiro atoms. The molecule has 2 aliphatic rings. The molecule has 3 N–H and O–H groups in total. The summed E-state index contributed by atoms with van der Waals surface area (Å²) < 4.78 is 0. The minimum absolute atomic E-state index is 0.0432. The molecule has 3 rings (SSSR count). The van der Waals surface area contributed by atoms with Crippen molar-refractivity contribution in [3.8, 4) is 0 Å². The molecular formula is C14H16N2O. The van der Waals surface area contributed by atoms with Crippen LogP contribution in [0.2, 0.25) is 0 Å². The minimum atomic E-state index is -0.425. The highest BCUT2D eigenvalue weighted by atomic mass is 16.1. The van der Waals surface area contributed by atoms with E-state index in [-0.39, 0.29) is 5.56 Å². The van der Waals surface area contributed by atoms with Crippen LogP contribution in [0.1, 0.15) is 24.6 Å². The normalized spacial score (nSPS) is 32.6. The Labute approximate surface area is 100 Å². The summed E-state index contributed by atoms with van der Waals surface area (Å²) in [5.41, 5.74) is 9.46. The van der Waals surface area contributed by atoms with E-state index in [0.717, 1.165) is 24.1 Å². The lowest BCUT2D eigenvalue weighted by Gasteiger charge is -2.43. The first-order valence-corrected chi connectivity index (χ1v) is 6.00. The lowest BCUT2D eigenvalue weighted by Crippen LogP contribution is -2.47. The predicted octanol–water partition coefficient (Wildman–Crippen LogP) is 1.61. The Bertz CT molecular complexity index is 582. The average molecular weight is 228 g/mol. The van der Waals surface area contributed by atoms with Gasteiger partial charge in [-0.05, 0) is 37.0 Å². The van der Waals surface area contributed by atoms with Gasteiger partial charge in [0.1, 0.15) is 0 Å². The second kappa shape index (κ2) is 3.44. The monoisotopic (exact) mass is 228 g/mol. The van der Waals surface area contributed by atoms with E-state index in [1.54, 1.807) is 6.07 Å². The predicted molar refractivity (Wildman–Crippen MR) is 67.6 cm³/mol. The van der Waals surface area contributed by atoms with Crippen LogP contribution in [0.15, 0.2) is 40.7 Å². The molecule has 0 saturated heterocycles. The number of pyridine rings is 1. The molecule has 0 aromatic carbocycles. The van der Waals surface area contributed by atoms with Crippen LogP contribution in [0.3, 0.4) is 0 Å². The summed E-state index contributed by atoms with van der Waals surface area (Å²) in [7, 11) is 0. The number of aromatic amines is 1. The van der Waals surface area contributed by atoms with E-state index >= 15 is 0 Å². The Balaban J connectivity index is 2.28. The van der Waals surface area contributed by atoms with Gasteiger partial charge in [0, 0.05) is 17.7 Å². The van der Waals surface area contributed by atoms with Gasteiger partial charge >= 0.3 is 0 Å². The van der Waals surface area contributed by atoms with Gasteiger partial charge in [-0.15, -0.1) is 0 Å². The molecule has 0 radical (unpaired) electrons. The van der Waals surface area contributed by atoms with Crippen molar-refractivity contribution in [1.29, 1.82) is 0 Å². The second-order valence-electron chi connectivity index (χ2n) is 4.87. The maximum Gasteiger partial charge on any atom is 0.248 e. The molecule has 88 valence electrons. The Morgan fingerprint density at radius 1 is 1.53 bits per heavy atom. The summed E-state index contributed by atoms with van der Waals surface area (Å²) in [5, 5.41) is 0. The largest absolute Gasteiger partial charge is 0.326 e. The van der Waals surface area contributed by atoms with Gasteiger partial charge < -0.3 is 10.7 Å². The van der Waals surface area contributed by atoms with Crippen LogP contribution in [0.5, 0.6) is 0 Å². The molecule has 0 saturated carbocycles. The van der Waals surface area contributed by atoms with E-state index in [4.69, 9.17) is 5.73 Å². The third-order valence-electron chi connectivity index (χ3n) is 3.94. The summed E-state index contributed by atoms with van der Waals surface area (Å²) >= 11 is 0. The summed E-state index contributed by atoms with van der Waals surface area (Å²) in [4.78, 5) is 14.3. The third-order valence-corrected chi connectivity index (χ3v) is 3.94. The van der Waals surface area contributed by atoms with Crippen LogP contribution in [0.4, 0.5) is 0 Å². The number of hydrogen-bond acceptors (Lipinski definition) is 2. The highest BCUT2D eigenvalue weighted by Gasteiger charge is 2.42. The zero-order valence-corrected chi connectivity index (χ0v) is 9.86. The maximum absolute atomic E-state index is 11.4. The molecule has 1 aromatic rings. The van der Waals surface area contributed by atoms with Crippen molar-refractivity contribution in [3.63, 3.8) is 0 Å². The second-order valence-corrected chi connectivity index (χ2v) is 4.87. The van der Waals surface area contributed by atoms with Crippen LogP contribution in [-0.4, -0.2) is 4.98 Å². The molecule has 1 unspecified atom stereocenters. The molecule has 3 nitrogen and oxygen atoms in total. The number of nitrogens with two attached hydrogens (primary N) is 1. The van der Waals surface area contributed by atoms with Crippen LogP contribution >= 0.6 is 0 Å². The van der Waals surface area contributed by atoms with E-state index in [1.807, 2.05) is 13.0 Å². The quantitative estimate of drug-likeness (QED) is 0.663. The Hall–Kier alpha value is -1.61. The number of rotatable bonds is 0. The first-order chi connectivity index (χ1) is 8.15. The number of allylic oxidation sites excluding steroid dienone is 2. The molecule has 17 heavy (non-hydrogen) atoms. The van der Waals surface area contributed by atoms with Crippen molar-refractivity contribution in [3.05, 3.63) is 57.5 Å². The molecule has 2 atom stereocenters. The van der Waals surface area contributed by atoms with Crippen molar-refractivity contribution in [2.24, 2.45) is 11.7 Å². The van der Waals surface area contributed by atoms with Crippen molar-refractivity contribution >= 4 is 0 Å². The molecule has 0 aliphatic heterocycles. The number of hydrogen-bond donors (Lipinski definition) is 2. The fourth-order valence-electron chi connectivity index (χ4n) is 3.20. The average Bonchev–Trinajstić information content (AvgIpc) is 2.27. The van der Waals surface area contributed by atoms with E-state index in [1.165, 1.54) is 5.57 Å². The molecule has 2 aliphatic carbocycles. The van der Waals surface area contributed by atoms with Crippen LogP contribution in [-0.2, 0) is 12.0 Å². The van der Waals surface area contributed by atoms with Crippen molar-refractivity contribution < 1.29 is 0 Å². The highest BCUT2D eigenvalue weighted by molar-refractivity contribution is 5.47. The molecule has 0 amide bonds. The molecule has 3 heteroatoms. The molecule has 1 aromatic heterocycles. The topological polar surface area (TPSA) is 58.9 Å². The van der Waals surface area contributed by atoms with Crippen LogP contribution < -0.4 is 11.3 Å². The van der Waals surface area contributed by atoms with Crippen LogP contribution in [0, 0.1) is 5.92 Å². The lowest BCUT2D eigenvalue weighted by atomic mass is 9.65. The number of H-pyrrole nitrogens is 1. The van der Waals surface area contributed by atoms with E-state index in [2.05, 4.69) is 23.2 Å². The summed E-state index contributed by atoms with van der Waals surface area (Å²) in [6, 6.07) is 3.45. The third kappa shape index (κ3) is 1.35. The van der Waals surface area contributed by atoms with Gasteiger partial charge in [0.05, 0.1) is 5.54 Å². The SMILES string of the molecule is C/C=C1\[C@@H]2C=CCC1(N)c1ccc(=O)[nH]c1C2. The minimum Gasteiger partial charge on any atom is -0.326 e. The Kier molecular flexibility index (Phi) is 2.13. The zero-order valence-electron chi connectivity index (χ0n) is 9.86. The molecular weight excluding hydrogens is 212 g/mol. The zero-order chi connectivity index (χ0) is 12.0. The van der Waals surface area contributed by atoms with Gasteiger partial charge in [-0.25, -0.2) is 0 Å². The summed E-state index contributed by atoms with van der Waals surface area (Å²) in [5.74, 6) is 0.337. The fraction of sp³-hybridized carbons (Fsp3) is 0.357. The van der Waals surface area contributed by atoms with Gasteiger partial charge in [-0.2, -0.15) is 0 Å². The summed E-state index contributed by atoms with van der Waals surface area (Å²) in [6.07, 6.45) is 8.14. The van der Waals surface area contributed by atoms with E-state index < -0.39 is 5.54 Å².